The highest BCUT2D eigenvalue weighted by molar-refractivity contribution is 7.11. The lowest BCUT2D eigenvalue weighted by Gasteiger charge is -2.03. The Labute approximate surface area is 152 Å². The van der Waals surface area contributed by atoms with Gasteiger partial charge in [-0.05, 0) is 47.9 Å². The second-order valence-corrected chi connectivity index (χ2v) is 6.41. The van der Waals surface area contributed by atoms with Crippen LogP contribution < -0.4 is 5.32 Å². The van der Waals surface area contributed by atoms with E-state index in [1.165, 1.54) is 0 Å². The summed E-state index contributed by atoms with van der Waals surface area (Å²) in [5.41, 5.74) is 2.15. The third kappa shape index (κ3) is 3.97. The molecule has 0 aliphatic heterocycles. The number of aromatic nitrogens is 1. The predicted molar refractivity (Wildman–Crippen MR) is 97.1 cm³/mol. The summed E-state index contributed by atoms with van der Waals surface area (Å²) in [7, 11) is 0. The minimum Gasteiger partial charge on any atom is -0.321 e. The molecule has 120 valence electrons. The largest absolute Gasteiger partial charge is 0.321 e. The van der Waals surface area contributed by atoms with Crippen LogP contribution in [0.3, 0.4) is 0 Å². The number of benzene rings is 2. The Morgan fingerprint density at radius 3 is 2.17 bits per heavy atom. The third-order valence-corrected chi connectivity index (χ3v) is 4.59. The summed E-state index contributed by atoms with van der Waals surface area (Å²) in [4.78, 5) is 12.1. The van der Waals surface area contributed by atoms with Crippen LogP contribution in [0.2, 0.25) is 9.36 Å². The fourth-order valence-electron chi connectivity index (χ4n) is 1.81. The summed E-state index contributed by atoms with van der Waals surface area (Å²) in [6.07, 6.45) is 0. The van der Waals surface area contributed by atoms with Gasteiger partial charge in [-0.15, -0.1) is 0 Å². The van der Waals surface area contributed by atoms with Gasteiger partial charge in [-0.2, -0.15) is 14.6 Å². The number of nitrogens with zero attached hydrogens (tertiary/aromatic N) is 3. The maximum Gasteiger partial charge on any atom is 0.276 e. The Morgan fingerprint density at radius 1 is 0.958 bits per heavy atom. The van der Waals surface area contributed by atoms with Gasteiger partial charge in [0, 0.05) is 5.69 Å². The summed E-state index contributed by atoms with van der Waals surface area (Å²) in [5, 5.41) is 11.1. The molecule has 0 radical (unpaired) electrons. The molecule has 1 N–H and O–H groups in total. The Balaban J connectivity index is 1.67. The number of nitrogens with one attached hydrogen (secondary N) is 1. The second kappa shape index (κ2) is 7.53. The van der Waals surface area contributed by atoms with Gasteiger partial charge < -0.3 is 5.32 Å². The Bertz CT molecular complexity index is 879. The number of rotatable bonds is 4. The molecule has 2 aromatic carbocycles. The molecule has 0 unspecified atom stereocenters. The number of hydrogen-bond acceptors (Lipinski definition) is 5. The summed E-state index contributed by atoms with van der Waals surface area (Å²) in [5.74, 6) is -0.415. The van der Waals surface area contributed by atoms with E-state index in [9.17, 15) is 4.79 Å². The minimum atomic E-state index is -0.415. The molecule has 1 aromatic heterocycles. The van der Waals surface area contributed by atoms with Crippen LogP contribution in [0.25, 0.3) is 0 Å². The van der Waals surface area contributed by atoms with Gasteiger partial charge in [0.05, 0.1) is 11.4 Å². The van der Waals surface area contributed by atoms with Crippen molar-refractivity contribution in [3.05, 3.63) is 69.7 Å². The molecule has 0 bridgehead atoms. The van der Waals surface area contributed by atoms with Crippen LogP contribution in [0.15, 0.2) is 64.8 Å². The van der Waals surface area contributed by atoms with Crippen molar-refractivity contribution in [2.24, 2.45) is 10.2 Å². The van der Waals surface area contributed by atoms with E-state index >= 15 is 0 Å². The molecule has 0 saturated carbocycles. The average molecular weight is 377 g/mol. The quantitative estimate of drug-likeness (QED) is 0.557. The van der Waals surface area contributed by atoms with Gasteiger partial charge >= 0.3 is 0 Å². The first-order valence-corrected chi connectivity index (χ1v) is 8.35. The van der Waals surface area contributed by atoms with Crippen molar-refractivity contribution < 1.29 is 4.79 Å². The molecule has 5 nitrogen and oxygen atoms in total. The summed E-state index contributed by atoms with van der Waals surface area (Å²) >= 11 is 12.7. The van der Waals surface area contributed by atoms with Crippen LogP contribution in [0.1, 0.15) is 10.5 Å². The second-order valence-electron chi connectivity index (χ2n) is 4.66. The van der Waals surface area contributed by atoms with Crippen LogP contribution in [-0.2, 0) is 0 Å². The summed E-state index contributed by atoms with van der Waals surface area (Å²) < 4.78 is 4.21. The van der Waals surface area contributed by atoms with Crippen molar-refractivity contribution in [1.82, 2.24) is 4.37 Å². The number of azo groups is 1. The highest BCUT2D eigenvalue weighted by Gasteiger charge is 2.17. The van der Waals surface area contributed by atoms with E-state index in [2.05, 4.69) is 19.9 Å². The molecule has 24 heavy (non-hydrogen) atoms. The van der Waals surface area contributed by atoms with E-state index in [-0.39, 0.29) is 10.7 Å². The van der Waals surface area contributed by atoms with Crippen LogP contribution in [0.4, 0.5) is 17.1 Å². The van der Waals surface area contributed by atoms with Crippen LogP contribution >= 0.6 is 34.7 Å². The summed E-state index contributed by atoms with van der Waals surface area (Å²) in [6, 6.07) is 16.4. The van der Waals surface area contributed by atoms with Crippen molar-refractivity contribution in [2.45, 2.75) is 0 Å². The lowest BCUT2D eigenvalue weighted by atomic mass is 10.2. The molecule has 3 rings (SSSR count). The van der Waals surface area contributed by atoms with Gasteiger partial charge in [0.15, 0.2) is 5.69 Å². The third-order valence-electron chi connectivity index (χ3n) is 2.97. The first-order chi connectivity index (χ1) is 11.6. The van der Waals surface area contributed by atoms with Gasteiger partial charge in [-0.3, -0.25) is 4.79 Å². The van der Waals surface area contributed by atoms with E-state index < -0.39 is 5.91 Å². The average Bonchev–Trinajstić information content (AvgIpc) is 2.94. The van der Waals surface area contributed by atoms with Gasteiger partial charge in [-0.25, -0.2) is 0 Å². The predicted octanol–water partition coefficient (Wildman–Crippen LogP) is 6.12. The van der Waals surface area contributed by atoms with Crippen molar-refractivity contribution >= 4 is 57.7 Å². The van der Waals surface area contributed by atoms with Gasteiger partial charge in [0.25, 0.3) is 5.91 Å². The number of halogens is 2. The lowest BCUT2D eigenvalue weighted by molar-refractivity contribution is 0.102. The first-order valence-electron chi connectivity index (χ1n) is 6.82. The zero-order valence-corrected chi connectivity index (χ0v) is 14.4. The zero-order chi connectivity index (χ0) is 16.9. The van der Waals surface area contributed by atoms with Crippen molar-refractivity contribution in [1.29, 1.82) is 0 Å². The van der Waals surface area contributed by atoms with E-state index in [0.29, 0.717) is 15.7 Å². The van der Waals surface area contributed by atoms with Crippen molar-refractivity contribution in [3.63, 3.8) is 0 Å². The Morgan fingerprint density at radius 2 is 1.58 bits per heavy atom. The Hall–Kier alpha value is -2.28. The SMILES string of the molecule is O=C(Nc1ccc(N=Nc2ccccc2)cc1)c1nsc(Cl)c1Cl. The molecule has 1 heterocycles. The van der Waals surface area contributed by atoms with E-state index in [0.717, 1.165) is 17.2 Å². The number of carbonyl (C=O) groups is 1. The molecule has 0 fully saturated rings. The molecule has 0 saturated heterocycles. The zero-order valence-electron chi connectivity index (χ0n) is 12.1. The van der Waals surface area contributed by atoms with E-state index in [1.807, 2.05) is 30.3 Å². The molecular formula is C16H10Cl2N4OS. The topological polar surface area (TPSA) is 66.7 Å². The number of hydrogen-bond donors (Lipinski definition) is 1. The number of anilines is 1. The molecule has 0 atom stereocenters. The molecule has 8 heteroatoms. The molecule has 1 amide bonds. The highest BCUT2D eigenvalue weighted by atomic mass is 35.5. The summed E-state index contributed by atoms with van der Waals surface area (Å²) in [6.45, 7) is 0. The van der Waals surface area contributed by atoms with E-state index in [1.54, 1.807) is 24.3 Å². The molecule has 0 spiro atoms. The smallest absolute Gasteiger partial charge is 0.276 e. The minimum absolute atomic E-state index is 0.111. The molecule has 0 aliphatic rings. The maximum absolute atomic E-state index is 12.1. The maximum atomic E-state index is 12.1. The fraction of sp³-hybridized carbons (Fsp3) is 0. The number of amides is 1. The van der Waals surface area contributed by atoms with Crippen molar-refractivity contribution in [3.8, 4) is 0 Å². The molecule has 0 aliphatic carbocycles. The standard InChI is InChI=1S/C16H10Cl2N4OS/c17-13-14(22-24-15(13)18)16(23)19-10-6-8-12(9-7-10)21-20-11-4-2-1-3-5-11/h1-9H,(H,19,23). The van der Waals surface area contributed by atoms with Crippen LogP contribution in [0.5, 0.6) is 0 Å². The van der Waals surface area contributed by atoms with Crippen LogP contribution in [-0.4, -0.2) is 10.3 Å². The van der Waals surface area contributed by atoms with Gasteiger partial charge in [0.1, 0.15) is 9.36 Å². The molecular weight excluding hydrogens is 367 g/mol. The van der Waals surface area contributed by atoms with Crippen molar-refractivity contribution in [2.75, 3.05) is 5.32 Å². The van der Waals surface area contributed by atoms with Gasteiger partial charge in [-0.1, -0.05) is 41.4 Å². The normalized spacial score (nSPS) is 10.9. The van der Waals surface area contributed by atoms with Crippen LogP contribution in [0, 0.1) is 0 Å². The first kappa shape index (κ1) is 16.6. The Kier molecular flexibility index (Phi) is 5.20. The van der Waals surface area contributed by atoms with Gasteiger partial charge in [0.2, 0.25) is 0 Å². The van der Waals surface area contributed by atoms with E-state index in [4.69, 9.17) is 23.2 Å². The fourth-order valence-corrected chi connectivity index (χ4v) is 2.81. The molecule has 3 aromatic rings. The number of carbonyl (C=O) groups excluding carboxylic acids is 1. The monoisotopic (exact) mass is 376 g/mol. The lowest BCUT2D eigenvalue weighted by Crippen LogP contribution is -2.12. The highest BCUT2D eigenvalue weighted by Crippen LogP contribution is 2.30.